The van der Waals surface area contributed by atoms with Gasteiger partial charge in [0.2, 0.25) is 5.69 Å². The molecule has 0 aliphatic carbocycles. The minimum atomic E-state index is -0.499. The Balaban J connectivity index is 1.57. The highest BCUT2D eigenvalue weighted by atomic mass is 19.1. The largest absolute Gasteiger partial charge is 0.382 e. The first kappa shape index (κ1) is 18.9. The number of aryl methyl sites for hydroxylation is 1. The molecule has 0 saturated carbocycles. The van der Waals surface area contributed by atoms with Gasteiger partial charge in [-0.15, -0.1) is 0 Å². The molecule has 0 bridgehead atoms. The van der Waals surface area contributed by atoms with E-state index >= 15 is 0 Å². The highest BCUT2D eigenvalue weighted by Gasteiger charge is 2.16. The van der Waals surface area contributed by atoms with Crippen LogP contribution in [0.3, 0.4) is 0 Å². The third-order valence-electron chi connectivity index (χ3n) is 4.43. The molecule has 2 heterocycles. The normalized spacial score (nSPS) is 10.6. The van der Waals surface area contributed by atoms with Crippen LogP contribution in [-0.4, -0.2) is 20.6 Å². The Hall–Kier alpha value is -4.45. The molecule has 0 spiro atoms. The lowest BCUT2D eigenvalue weighted by Gasteiger charge is -2.10. The number of hydrogen-bond acceptors (Lipinski definition) is 4. The number of amides is 2. The second kappa shape index (κ2) is 7.52. The summed E-state index contributed by atoms with van der Waals surface area (Å²) in [5, 5.41) is 9.39. The summed E-state index contributed by atoms with van der Waals surface area (Å²) in [4.78, 5) is 19.8. The summed E-state index contributed by atoms with van der Waals surface area (Å²) < 4.78 is 15.0. The summed E-state index contributed by atoms with van der Waals surface area (Å²) in [6, 6.07) is 10.7. The van der Waals surface area contributed by atoms with Crippen LogP contribution >= 0.6 is 0 Å². The lowest BCUT2D eigenvalue weighted by atomic mass is 10.1. The maximum Gasteiger partial charge on any atom is 0.323 e. The second-order valence-electron chi connectivity index (χ2n) is 6.61. The van der Waals surface area contributed by atoms with Gasteiger partial charge in [0.25, 0.3) is 0 Å². The molecule has 0 aliphatic heterocycles. The van der Waals surface area contributed by atoms with Gasteiger partial charge >= 0.3 is 6.03 Å². The van der Waals surface area contributed by atoms with Crippen molar-refractivity contribution in [2.75, 3.05) is 16.4 Å². The number of benzene rings is 2. The molecule has 0 unspecified atom stereocenters. The third kappa shape index (κ3) is 3.62. The van der Waals surface area contributed by atoms with E-state index in [2.05, 4.69) is 25.6 Å². The predicted molar refractivity (Wildman–Crippen MR) is 113 cm³/mol. The number of halogens is 1. The number of nitrogens with two attached hydrogens (primary N) is 1. The van der Waals surface area contributed by atoms with Crippen molar-refractivity contribution in [2.24, 2.45) is 0 Å². The second-order valence-corrected chi connectivity index (χ2v) is 6.61. The predicted octanol–water partition coefficient (Wildman–Crippen LogP) is 4.62. The monoisotopic (exact) mass is 401 g/mol. The highest BCUT2D eigenvalue weighted by Crippen LogP contribution is 2.37. The molecule has 0 saturated heterocycles. The number of aromatic nitrogens is 3. The minimum Gasteiger partial charge on any atom is -0.382 e. The minimum absolute atomic E-state index is 0.266. The summed E-state index contributed by atoms with van der Waals surface area (Å²) in [6.45, 7) is 9.18. The Morgan fingerprint density at radius 1 is 1.17 bits per heavy atom. The van der Waals surface area contributed by atoms with E-state index in [1.165, 1.54) is 23.0 Å². The summed E-state index contributed by atoms with van der Waals surface area (Å²) in [6.07, 6.45) is 2.92. The van der Waals surface area contributed by atoms with E-state index in [4.69, 9.17) is 12.3 Å². The lowest BCUT2D eigenvalue weighted by molar-refractivity contribution is 0.262. The molecular weight excluding hydrogens is 385 g/mol. The quantitative estimate of drug-likeness (QED) is 0.436. The molecule has 0 aliphatic rings. The van der Waals surface area contributed by atoms with Crippen LogP contribution in [0, 0.1) is 19.3 Å². The van der Waals surface area contributed by atoms with E-state index in [1.807, 2.05) is 0 Å². The van der Waals surface area contributed by atoms with Gasteiger partial charge in [0.1, 0.15) is 17.7 Å². The maximum atomic E-state index is 13.5. The molecule has 0 atom stereocenters. The van der Waals surface area contributed by atoms with Crippen molar-refractivity contribution in [3.63, 3.8) is 0 Å². The van der Waals surface area contributed by atoms with Crippen LogP contribution in [0.2, 0.25) is 0 Å². The number of hydrogen-bond donors (Lipinski definition) is 3. The molecule has 2 amide bonds. The van der Waals surface area contributed by atoms with Crippen molar-refractivity contribution in [3.05, 3.63) is 77.8 Å². The van der Waals surface area contributed by atoms with Gasteiger partial charge in [-0.3, -0.25) is 0 Å². The van der Waals surface area contributed by atoms with Crippen LogP contribution in [0.5, 0.6) is 0 Å². The molecule has 30 heavy (non-hydrogen) atoms. The number of urea groups is 1. The van der Waals surface area contributed by atoms with Crippen LogP contribution in [0.1, 0.15) is 5.56 Å². The lowest BCUT2D eigenvalue weighted by Crippen LogP contribution is -2.19. The Labute approximate surface area is 171 Å². The van der Waals surface area contributed by atoms with Crippen molar-refractivity contribution in [1.82, 2.24) is 14.6 Å². The number of fused-ring (bicyclic) bond motifs is 1. The zero-order valence-corrected chi connectivity index (χ0v) is 15.8. The topological polar surface area (TPSA) is 102 Å². The van der Waals surface area contributed by atoms with Crippen molar-refractivity contribution in [3.8, 4) is 11.1 Å². The Kier molecular flexibility index (Phi) is 4.74. The van der Waals surface area contributed by atoms with Gasteiger partial charge in [0.15, 0.2) is 5.82 Å². The zero-order valence-electron chi connectivity index (χ0n) is 15.8. The number of nitrogens with one attached hydrogen (secondary N) is 2. The molecule has 0 fully saturated rings. The standard InChI is InChI=1S/C21H16FN7O/c1-12-7-14(22)9-16(8-12)28-21(30)27-15-5-3-13(4-6-15)18-17(24-2)10-29-19(18)20(23)25-11-26-29/h3-11H,1H3,(H2,23,25,26)(H2,27,28,30). The highest BCUT2D eigenvalue weighted by molar-refractivity contribution is 6.00. The summed E-state index contributed by atoms with van der Waals surface area (Å²) in [5.41, 5.74) is 9.87. The first-order valence-corrected chi connectivity index (χ1v) is 8.89. The van der Waals surface area contributed by atoms with Gasteiger partial charge in [-0.1, -0.05) is 12.1 Å². The number of carbonyl (C=O) groups excluding carboxylic acids is 1. The molecule has 2 aromatic heterocycles. The van der Waals surface area contributed by atoms with E-state index in [9.17, 15) is 9.18 Å². The third-order valence-corrected chi connectivity index (χ3v) is 4.43. The Bertz CT molecular complexity index is 1290. The van der Waals surface area contributed by atoms with E-state index < -0.39 is 11.8 Å². The van der Waals surface area contributed by atoms with Crippen molar-refractivity contribution >= 4 is 34.4 Å². The molecular formula is C21H16FN7O. The van der Waals surface area contributed by atoms with Crippen LogP contribution in [-0.2, 0) is 0 Å². The van der Waals surface area contributed by atoms with Crippen molar-refractivity contribution in [2.45, 2.75) is 6.92 Å². The summed E-state index contributed by atoms with van der Waals surface area (Å²) in [7, 11) is 0. The maximum absolute atomic E-state index is 13.5. The number of carbonyl (C=O) groups is 1. The number of nitrogen functional groups attached to an aromatic ring is 1. The van der Waals surface area contributed by atoms with Crippen molar-refractivity contribution in [1.29, 1.82) is 0 Å². The van der Waals surface area contributed by atoms with Crippen LogP contribution in [0.4, 0.5) is 32.1 Å². The van der Waals surface area contributed by atoms with Gasteiger partial charge in [-0.05, 0) is 48.4 Å². The summed E-state index contributed by atoms with van der Waals surface area (Å²) >= 11 is 0. The van der Waals surface area contributed by atoms with E-state index in [-0.39, 0.29) is 5.82 Å². The van der Waals surface area contributed by atoms with Gasteiger partial charge in [0.05, 0.1) is 6.57 Å². The molecule has 0 radical (unpaired) electrons. The average molecular weight is 401 g/mol. The molecule has 8 nitrogen and oxygen atoms in total. The van der Waals surface area contributed by atoms with Crippen molar-refractivity contribution < 1.29 is 9.18 Å². The SMILES string of the molecule is [C-]#[N+]c1cn2ncnc(N)c2c1-c1ccc(NC(=O)Nc2cc(C)cc(F)c2)cc1. The fourth-order valence-electron chi connectivity index (χ4n) is 3.21. The van der Waals surface area contributed by atoms with E-state index in [0.717, 1.165) is 5.56 Å². The molecule has 4 rings (SSSR count). The van der Waals surface area contributed by atoms with Gasteiger partial charge < -0.3 is 16.4 Å². The van der Waals surface area contributed by atoms with Crippen LogP contribution < -0.4 is 16.4 Å². The van der Waals surface area contributed by atoms with E-state index in [1.54, 1.807) is 43.5 Å². The van der Waals surface area contributed by atoms with E-state index in [0.29, 0.717) is 33.7 Å². The first-order valence-electron chi connectivity index (χ1n) is 8.89. The van der Waals surface area contributed by atoms with Crippen LogP contribution in [0.15, 0.2) is 55.0 Å². The van der Waals surface area contributed by atoms with Crippen LogP contribution in [0.25, 0.3) is 21.5 Å². The fourth-order valence-corrected chi connectivity index (χ4v) is 3.21. The summed E-state index contributed by atoms with van der Waals surface area (Å²) in [5.74, 6) is -0.157. The van der Waals surface area contributed by atoms with Gasteiger partial charge in [0, 0.05) is 23.1 Å². The fraction of sp³-hybridized carbons (Fsp3) is 0.0476. The molecule has 148 valence electrons. The average Bonchev–Trinajstić information content (AvgIpc) is 3.08. The molecule has 2 aromatic carbocycles. The van der Waals surface area contributed by atoms with Gasteiger partial charge in [-0.25, -0.2) is 23.5 Å². The number of anilines is 3. The first-order chi connectivity index (χ1) is 14.4. The molecule has 4 aromatic rings. The van der Waals surface area contributed by atoms with Gasteiger partial charge in [-0.2, -0.15) is 5.10 Å². The zero-order chi connectivity index (χ0) is 21.3. The molecule has 4 N–H and O–H groups in total. The molecule has 9 heteroatoms. The Morgan fingerprint density at radius 3 is 2.60 bits per heavy atom. The smallest absolute Gasteiger partial charge is 0.323 e. The number of rotatable bonds is 3. The number of nitrogens with zero attached hydrogens (tertiary/aromatic N) is 4. The Morgan fingerprint density at radius 2 is 1.90 bits per heavy atom.